The fourth-order valence-electron chi connectivity index (χ4n) is 4.45. The van der Waals surface area contributed by atoms with Gasteiger partial charge in [-0.05, 0) is 24.0 Å². The van der Waals surface area contributed by atoms with Crippen LogP contribution in [0.4, 0.5) is 0 Å². The number of aromatic nitrogens is 3. The minimum absolute atomic E-state index is 0.309. The highest BCUT2D eigenvalue weighted by molar-refractivity contribution is 5.85. The molecule has 0 fully saturated rings. The van der Waals surface area contributed by atoms with Gasteiger partial charge in [0.15, 0.2) is 0 Å². The molecule has 2 aromatic heterocycles. The first-order chi connectivity index (χ1) is 13.7. The monoisotopic (exact) mass is 372 g/mol. The Morgan fingerprint density at radius 2 is 1.89 bits per heavy atom. The standard InChI is InChI=1S/C23H24N4O/c1-15(2)22-21-18(17-10-6-7-11-19(17)24-21)12-13-27(22)14-20-25-23(26-28-20)16-8-4-3-5-9-16/h3-11,15,22,24H,12-14H2,1-2H3/t22-/m1/s1. The van der Waals surface area contributed by atoms with Crippen LogP contribution >= 0.6 is 0 Å². The number of nitrogens with one attached hydrogen (secondary N) is 1. The Morgan fingerprint density at radius 3 is 2.71 bits per heavy atom. The first kappa shape index (κ1) is 17.2. The zero-order chi connectivity index (χ0) is 19.1. The van der Waals surface area contributed by atoms with Crippen molar-refractivity contribution in [2.75, 3.05) is 6.54 Å². The summed E-state index contributed by atoms with van der Waals surface area (Å²) in [4.78, 5) is 10.8. The van der Waals surface area contributed by atoms with Crippen LogP contribution in [0.15, 0.2) is 59.1 Å². The van der Waals surface area contributed by atoms with Crippen LogP contribution < -0.4 is 0 Å². The topological polar surface area (TPSA) is 58.0 Å². The number of hydrogen-bond acceptors (Lipinski definition) is 4. The summed E-state index contributed by atoms with van der Waals surface area (Å²) in [7, 11) is 0. The van der Waals surface area contributed by atoms with E-state index in [0.29, 0.717) is 30.2 Å². The maximum atomic E-state index is 5.58. The molecule has 5 heteroatoms. The highest BCUT2D eigenvalue weighted by Crippen LogP contribution is 2.39. The van der Waals surface area contributed by atoms with Crippen LogP contribution in [0, 0.1) is 5.92 Å². The first-order valence-corrected chi connectivity index (χ1v) is 9.92. The molecule has 3 heterocycles. The molecule has 0 unspecified atom stereocenters. The molecule has 0 saturated heterocycles. The summed E-state index contributed by atoms with van der Waals surface area (Å²) in [5.41, 5.74) is 5.00. The van der Waals surface area contributed by atoms with Gasteiger partial charge in [0, 0.05) is 28.7 Å². The molecule has 0 aliphatic carbocycles. The Bertz CT molecular complexity index is 1100. The Labute approximate surface area is 164 Å². The summed E-state index contributed by atoms with van der Waals surface area (Å²) < 4.78 is 5.58. The Morgan fingerprint density at radius 1 is 1.11 bits per heavy atom. The van der Waals surface area contributed by atoms with Gasteiger partial charge in [0.2, 0.25) is 11.7 Å². The lowest BCUT2D eigenvalue weighted by atomic mass is 9.90. The van der Waals surface area contributed by atoms with Crippen LogP contribution in [-0.2, 0) is 13.0 Å². The van der Waals surface area contributed by atoms with Gasteiger partial charge in [0.25, 0.3) is 0 Å². The molecule has 1 aliphatic rings. The third-order valence-corrected chi connectivity index (χ3v) is 5.65. The molecule has 142 valence electrons. The van der Waals surface area contributed by atoms with Crippen LogP contribution in [0.2, 0.25) is 0 Å². The third-order valence-electron chi connectivity index (χ3n) is 5.65. The minimum atomic E-state index is 0.309. The lowest BCUT2D eigenvalue weighted by Gasteiger charge is -2.37. The van der Waals surface area contributed by atoms with Crippen molar-refractivity contribution < 1.29 is 4.52 Å². The molecule has 2 aromatic carbocycles. The van der Waals surface area contributed by atoms with Crippen molar-refractivity contribution in [3.63, 3.8) is 0 Å². The molecule has 0 radical (unpaired) electrons. The summed E-state index contributed by atoms with van der Waals surface area (Å²) in [5, 5.41) is 5.53. The van der Waals surface area contributed by atoms with Gasteiger partial charge >= 0.3 is 0 Å². The normalized spacial score (nSPS) is 17.3. The van der Waals surface area contributed by atoms with Crippen molar-refractivity contribution in [3.05, 3.63) is 71.7 Å². The quantitative estimate of drug-likeness (QED) is 0.549. The van der Waals surface area contributed by atoms with Gasteiger partial charge < -0.3 is 9.51 Å². The number of hydrogen-bond donors (Lipinski definition) is 1. The van der Waals surface area contributed by atoms with Crippen molar-refractivity contribution >= 4 is 10.9 Å². The second kappa shape index (κ2) is 6.91. The lowest BCUT2D eigenvalue weighted by Crippen LogP contribution is -2.37. The smallest absolute Gasteiger partial charge is 0.241 e. The molecular weight excluding hydrogens is 348 g/mol. The van der Waals surface area contributed by atoms with E-state index in [0.717, 1.165) is 18.5 Å². The van der Waals surface area contributed by atoms with Crippen molar-refractivity contribution in [3.8, 4) is 11.4 Å². The molecule has 0 saturated carbocycles. The van der Waals surface area contributed by atoms with Gasteiger partial charge in [0.05, 0.1) is 12.6 Å². The van der Waals surface area contributed by atoms with E-state index in [1.807, 2.05) is 30.3 Å². The van der Waals surface area contributed by atoms with E-state index in [4.69, 9.17) is 4.52 Å². The SMILES string of the molecule is CC(C)[C@@H]1c2[nH]c3ccccc3c2CCN1Cc1nc(-c2ccccc2)no1. The van der Waals surface area contributed by atoms with Crippen LogP contribution in [0.25, 0.3) is 22.3 Å². The maximum Gasteiger partial charge on any atom is 0.241 e. The molecule has 1 atom stereocenters. The van der Waals surface area contributed by atoms with Gasteiger partial charge in [-0.3, -0.25) is 4.90 Å². The molecule has 5 rings (SSSR count). The summed E-state index contributed by atoms with van der Waals surface area (Å²) >= 11 is 0. The average molecular weight is 372 g/mol. The highest BCUT2D eigenvalue weighted by atomic mass is 16.5. The minimum Gasteiger partial charge on any atom is -0.357 e. The van der Waals surface area contributed by atoms with Crippen molar-refractivity contribution in [1.29, 1.82) is 0 Å². The van der Waals surface area contributed by atoms with Crippen molar-refractivity contribution in [2.45, 2.75) is 32.9 Å². The van der Waals surface area contributed by atoms with Crippen LogP contribution in [0.3, 0.4) is 0 Å². The van der Waals surface area contributed by atoms with Gasteiger partial charge in [-0.15, -0.1) is 0 Å². The van der Waals surface area contributed by atoms with Gasteiger partial charge in [-0.2, -0.15) is 4.98 Å². The number of fused-ring (bicyclic) bond motifs is 3. The predicted molar refractivity (Wildman–Crippen MR) is 110 cm³/mol. The summed E-state index contributed by atoms with van der Waals surface area (Å²) in [6.07, 6.45) is 1.03. The molecular formula is C23H24N4O. The fraction of sp³-hybridized carbons (Fsp3) is 0.304. The predicted octanol–water partition coefficient (Wildman–Crippen LogP) is 4.97. The highest BCUT2D eigenvalue weighted by Gasteiger charge is 2.33. The van der Waals surface area contributed by atoms with Crippen LogP contribution in [-0.4, -0.2) is 26.6 Å². The van der Waals surface area contributed by atoms with E-state index in [-0.39, 0.29) is 0 Å². The van der Waals surface area contributed by atoms with E-state index < -0.39 is 0 Å². The number of H-pyrrole nitrogens is 1. The Hall–Kier alpha value is -2.92. The number of aromatic amines is 1. The van der Waals surface area contributed by atoms with Crippen LogP contribution in [0.1, 0.15) is 37.0 Å². The molecule has 0 bridgehead atoms. The molecule has 4 aromatic rings. The van der Waals surface area contributed by atoms with Gasteiger partial charge in [0.1, 0.15) is 0 Å². The number of benzene rings is 2. The lowest BCUT2D eigenvalue weighted by molar-refractivity contribution is 0.117. The molecule has 0 spiro atoms. The van der Waals surface area contributed by atoms with Gasteiger partial charge in [-0.1, -0.05) is 67.5 Å². The third kappa shape index (κ3) is 2.92. The first-order valence-electron chi connectivity index (χ1n) is 9.92. The number of rotatable bonds is 4. The second-order valence-corrected chi connectivity index (χ2v) is 7.85. The average Bonchev–Trinajstić information content (AvgIpc) is 3.32. The van der Waals surface area contributed by atoms with Crippen molar-refractivity contribution in [1.82, 2.24) is 20.0 Å². The van der Waals surface area contributed by atoms with E-state index in [1.54, 1.807) is 0 Å². The molecule has 0 amide bonds. The molecule has 1 N–H and O–H groups in total. The fourth-order valence-corrected chi connectivity index (χ4v) is 4.45. The molecule has 28 heavy (non-hydrogen) atoms. The van der Waals surface area contributed by atoms with E-state index in [2.05, 4.69) is 58.1 Å². The molecule has 5 nitrogen and oxygen atoms in total. The van der Waals surface area contributed by atoms with Crippen molar-refractivity contribution in [2.24, 2.45) is 5.92 Å². The van der Waals surface area contributed by atoms with E-state index in [9.17, 15) is 0 Å². The second-order valence-electron chi connectivity index (χ2n) is 7.85. The Balaban J connectivity index is 1.45. The van der Waals surface area contributed by atoms with Crippen LogP contribution in [0.5, 0.6) is 0 Å². The summed E-state index contributed by atoms with van der Waals surface area (Å²) in [6, 6.07) is 18.9. The van der Waals surface area contributed by atoms with E-state index >= 15 is 0 Å². The largest absolute Gasteiger partial charge is 0.357 e. The Kier molecular flexibility index (Phi) is 4.24. The van der Waals surface area contributed by atoms with E-state index in [1.165, 1.54) is 22.2 Å². The maximum absolute atomic E-state index is 5.58. The summed E-state index contributed by atoms with van der Waals surface area (Å²) in [5.74, 6) is 1.80. The molecule has 1 aliphatic heterocycles. The zero-order valence-corrected chi connectivity index (χ0v) is 16.2. The summed E-state index contributed by atoms with van der Waals surface area (Å²) in [6.45, 7) is 6.21. The zero-order valence-electron chi connectivity index (χ0n) is 16.2. The number of para-hydroxylation sites is 1. The number of nitrogens with zero attached hydrogens (tertiary/aromatic N) is 3. The van der Waals surface area contributed by atoms with Gasteiger partial charge in [-0.25, -0.2) is 0 Å².